The number of hydrogen-bond donors (Lipinski definition) is 1. The Labute approximate surface area is 135 Å². The number of hydrogen-bond acceptors (Lipinski definition) is 6. The van der Waals surface area contributed by atoms with E-state index in [1.54, 1.807) is 24.3 Å². The average molecular weight is 331 g/mol. The van der Waals surface area contributed by atoms with Crippen molar-refractivity contribution in [3.63, 3.8) is 0 Å². The molecule has 1 aliphatic heterocycles. The van der Waals surface area contributed by atoms with Gasteiger partial charge in [-0.3, -0.25) is 14.5 Å². The van der Waals surface area contributed by atoms with Gasteiger partial charge in [0.2, 0.25) is 0 Å². The Kier molecular flexibility index (Phi) is 3.83. The van der Waals surface area contributed by atoms with Crippen LogP contribution in [0.3, 0.4) is 0 Å². The van der Waals surface area contributed by atoms with Gasteiger partial charge in [-0.15, -0.1) is 0 Å². The second-order valence-electron chi connectivity index (χ2n) is 4.96. The lowest BCUT2D eigenvalue weighted by atomic mass is 10.1. The Morgan fingerprint density at radius 1 is 1.26 bits per heavy atom. The summed E-state index contributed by atoms with van der Waals surface area (Å²) in [5.74, 6) is -0.598. The highest BCUT2D eigenvalue weighted by Crippen LogP contribution is 2.26. The predicted molar refractivity (Wildman–Crippen MR) is 82.6 cm³/mol. The second kappa shape index (κ2) is 5.81. The molecule has 2 aromatic rings. The van der Waals surface area contributed by atoms with E-state index < -0.39 is 6.09 Å². The summed E-state index contributed by atoms with van der Waals surface area (Å²) in [6, 6.07) is 6.74. The molecule has 1 aliphatic rings. The Morgan fingerprint density at radius 2 is 1.87 bits per heavy atom. The average Bonchev–Trinajstić information content (AvgIpc) is 2.96. The number of fused-ring (bicyclic) bond motifs is 1. The maximum Gasteiger partial charge on any atom is 0.411 e. The van der Waals surface area contributed by atoms with Crippen molar-refractivity contribution in [1.82, 2.24) is 9.88 Å². The first-order chi connectivity index (χ1) is 11.0. The van der Waals surface area contributed by atoms with Gasteiger partial charge in [0.05, 0.1) is 16.8 Å². The molecule has 0 saturated heterocycles. The number of carbonyl (C=O) groups excluding carboxylic acids is 3. The molecule has 0 spiro atoms. The lowest BCUT2D eigenvalue weighted by Gasteiger charge is -2.12. The fraction of sp³-hybridized carbons (Fsp3) is 0.200. The van der Waals surface area contributed by atoms with Crippen LogP contribution in [-0.4, -0.2) is 34.3 Å². The molecule has 2 N–H and O–H groups in total. The van der Waals surface area contributed by atoms with E-state index in [2.05, 4.69) is 4.98 Å². The molecule has 0 fully saturated rings. The molecular formula is C15H13N3O4S. The minimum Gasteiger partial charge on any atom is -0.381 e. The van der Waals surface area contributed by atoms with Gasteiger partial charge in [0.15, 0.2) is 0 Å². The third kappa shape index (κ3) is 2.80. The van der Waals surface area contributed by atoms with E-state index in [4.69, 9.17) is 10.5 Å². The van der Waals surface area contributed by atoms with Crippen molar-refractivity contribution >= 4 is 29.2 Å². The quantitative estimate of drug-likeness (QED) is 0.860. The topological polar surface area (TPSA) is 103 Å². The van der Waals surface area contributed by atoms with E-state index in [1.807, 2.05) is 6.92 Å². The van der Waals surface area contributed by atoms with Crippen molar-refractivity contribution in [2.75, 3.05) is 6.54 Å². The van der Waals surface area contributed by atoms with Gasteiger partial charge in [0.25, 0.3) is 17.0 Å². The molecule has 0 saturated carbocycles. The fourth-order valence-electron chi connectivity index (χ4n) is 2.42. The molecule has 7 nitrogen and oxygen atoms in total. The summed E-state index contributed by atoms with van der Waals surface area (Å²) >= 11 is 1.19. The van der Waals surface area contributed by atoms with Crippen molar-refractivity contribution in [2.45, 2.75) is 13.3 Å². The summed E-state index contributed by atoms with van der Waals surface area (Å²) in [6.07, 6.45) is -0.540. The highest BCUT2D eigenvalue weighted by molar-refractivity contribution is 7.13. The zero-order chi connectivity index (χ0) is 16.6. The Morgan fingerprint density at radius 3 is 2.43 bits per heavy atom. The smallest absolute Gasteiger partial charge is 0.381 e. The molecule has 0 unspecified atom stereocenters. The lowest BCUT2D eigenvalue weighted by molar-refractivity contribution is 0.0656. The highest BCUT2D eigenvalue weighted by atomic mass is 32.1. The summed E-state index contributed by atoms with van der Waals surface area (Å²) in [7, 11) is 0. The third-order valence-electron chi connectivity index (χ3n) is 3.51. The van der Waals surface area contributed by atoms with Crippen molar-refractivity contribution in [3.8, 4) is 5.19 Å². The summed E-state index contributed by atoms with van der Waals surface area (Å²) in [5.41, 5.74) is 6.46. The highest BCUT2D eigenvalue weighted by Gasteiger charge is 2.34. The molecule has 1 aromatic heterocycles. The number of amides is 3. The van der Waals surface area contributed by atoms with Gasteiger partial charge in [-0.2, -0.15) is 0 Å². The maximum absolute atomic E-state index is 12.3. The zero-order valence-electron chi connectivity index (χ0n) is 12.2. The van der Waals surface area contributed by atoms with Gasteiger partial charge in [0.1, 0.15) is 0 Å². The minimum atomic E-state index is -0.925. The molecule has 0 atom stereocenters. The maximum atomic E-state index is 12.3. The van der Waals surface area contributed by atoms with Crippen molar-refractivity contribution in [3.05, 3.63) is 46.0 Å². The van der Waals surface area contributed by atoms with E-state index in [9.17, 15) is 14.4 Å². The SMILES string of the molecule is Cc1sc(OC(N)=O)nc1CCN1C(=O)c2ccccc2C1=O. The van der Waals surface area contributed by atoms with Crippen molar-refractivity contribution in [2.24, 2.45) is 5.73 Å². The van der Waals surface area contributed by atoms with Gasteiger partial charge < -0.3 is 10.5 Å². The standard InChI is InChI=1S/C15H13N3O4S/c1-8-11(17-15(23-8)22-14(16)21)6-7-18-12(19)9-4-2-3-5-10(9)13(18)20/h2-5H,6-7H2,1H3,(H2,16,21). The van der Waals surface area contributed by atoms with Crippen LogP contribution in [0.15, 0.2) is 24.3 Å². The van der Waals surface area contributed by atoms with Crippen molar-refractivity contribution in [1.29, 1.82) is 0 Å². The Bertz CT molecular complexity index is 780. The number of primary amides is 1. The van der Waals surface area contributed by atoms with Crippen LogP contribution in [0.25, 0.3) is 0 Å². The van der Waals surface area contributed by atoms with E-state index >= 15 is 0 Å². The summed E-state index contributed by atoms with van der Waals surface area (Å²) in [4.78, 5) is 41.5. The number of imide groups is 1. The van der Waals surface area contributed by atoms with Gasteiger partial charge in [-0.1, -0.05) is 23.5 Å². The van der Waals surface area contributed by atoms with Gasteiger partial charge in [0, 0.05) is 17.8 Å². The first-order valence-corrected chi connectivity index (χ1v) is 7.68. The number of ether oxygens (including phenoxy) is 1. The Hall–Kier alpha value is -2.74. The second-order valence-corrected chi connectivity index (χ2v) is 6.13. The van der Waals surface area contributed by atoms with Crippen LogP contribution in [0.4, 0.5) is 4.79 Å². The number of rotatable bonds is 4. The van der Waals surface area contributed by atoms with Crippen LogP contribution in [0.2, 0.25) is 0 Å². The molecule has 0 bridgehead atoms. The first-order valence-electron chi connectivity index (χ1n) is 6.86. The van der Waals surface area contributed by atoms with Crippen LogP contribution in [-0.2, 0) is 6.42 Å². The fourth-order valence-corrected chi connectivity index (χ4v) is 3.23. The van der Waals surface area contributed by atoms with Gasteiger partial charge >= 0.3 is 6.09 Å². The molecule has 8 heteroatoms. The number of aryl methyl sites for hydroxylation is 1. The van der Waals surface area contributed by atoms with Crippen LogP contribution in [0.1, 0.15) is 31.3 Å². The number of nitrogens with zero attached hydrogens (tertiary/aromatic N) is 2. The largest absolute Gasteiger partial charge is 0.411 e. The summed E-state index contributed by atoms with van der Waals surface area (Å²) in [6.45, 7) is 2.04. The normalized spacial score (nSPS) is 13.3. The van der Waals surface area contributed by atoms with Crippen LogP contribution in [0.5, 0.6) is 5.19 Å². The first kappa shape index (κ1) is 15.2. The molecule has 118 valence electrons. The van der Waals surface area contributed by atoms with E-state index in [0.29, 0.717) is 23.2 Å². The number of benzene rings is 1. The number of thiazole rings is 1. The molecule has 3 rings (SSSR count). The van der Waals surface area contributed by atoms with Gasteiger partial charge in [-0.05, 0) is 19.1 Å². The molecule has 2 heterocycles. The van der Waals surface area contributed by atoms with E-state index in [1.165, 1.54) is 16.2 Å². The summed E-state index contributed by atoms with van der Waals surface area (Å²) in [5, 5.41) is 0.160. The molecule has 0 aliphatic carbocycles. The minimum absolute atomic E-state index is 0.160. The third-order valence-corrected chi connectivity index (χ3v) is 4.40. The Balaban J connectivity index is 1.72. The molecular weight excluding hydrogens is 318 g/mol. The molecule has 3 amide bonds. The number of aromatic nitrogens is 1. The number of carbonyl (C=O) groups is 3. The van der Waals surface area contributed by atoms with Crippen molar-refractivity contribution < 1.29 is 19.1 Å². The lowest BCUT2D eigenvalue weighted by Crippen LogP contribution is -2.31. The monoisotopic (exact) mass is 331 g/mol. The molecule has 0 radical (unpaired) electrons. The number of nitrogens with two attached hydrogens (primary N) is 1. The van der Waals surface area contributed by atoms with Crippen LogP contribution >= 0.6 is 11.3 Å². The van der Waals surface area contributed by atoms with Crippen LogP contribution in [0, 0.1) is 6.92 Å². The predicted octanol–water partition coefficient (Wildman–Crippen LogP) is 1.75. The molecule has 23 heavy (non-hydrogen) atoms. The van der Waals surface area contributed by atoms with Gasteiger partial charge in [-0.25, -0.2) is 9.78 Å². The van der Waals surface area contributed by atoms with E-state index in [0.717, 1.165) is 4.88 Å². The van der Waals surface area contributed by atoms with Crippen LogP contribution < -0.4 is 10.5 Å². The summed E-state index contributed by atoms with van der Waals surface area (Å²) < 4.78 is 4.74. The van der Waals surface area contributed by atoms with E-state index in [-0.39, 0.29) is 23.6 Å². The molecule has 1 aromatic carbocycles. The zero-order valence-corrected chi connectivity index (χ0v) is 13.1.